The van der Waals surface area contributed by atoms with Crippen molar-refractivity contribution in [1.29, 1.82) is 0 Å². The molecule has 0 aliphatic carbocycles. The molecule has 23 heavy (non-hydrogen) atoms. The number of ether oxygens (including phenoxy) is 1. The van der Waals surface area contributed by atoms with Crippen LogP contribution in [0.15, 0.2) is 43.1 Å². The maximum Gasteiger partial charge on any atom is 0.167 e. The molecule has 6 heteroatoms. The number of rotatable bonds is 4. The van der Waals surface area contributed by atoms with E-state index in [0.717, 1.165) is 17.6 Å². The molecule has 0 N–H and O–H groups in total. The van der Waals surface area contributed by atoms with Crippen LogP contribution in [0.5, 0.6) is 5.75 Å². The van der Waals surface area contributed by atoms with Gasteiger partial charge in [-0.15, -0.1) is 0 Å². The van der Waals surface area contributed by atoms with Crippen molar-refractivity contribution < 1.29 is 9.13 Å². The van der Waals surface area contributed by atoms with Crippen molar-refractivity contribution >= 4 is 0 Å². The smallest absolute Gasteiger partial charge is 0.167 e. The Bertz CT molecular complexity index is 829. The minimum Gasteiger partial charge on any atom is -0.496 e. The second kappa shape index (κ2) is 6.16. The standard InChI is InChI=1S/C17H17FN4O/c1-11(2)22-7-6-20-17(22)12-4-5-15(23-3)13(8-12)16-14(18)9-19-10-21-16/h4-11H,1-3H3. The number of imidazole rings is 1. The van der Waals surface area contributed by atoms with E-state index in [9.17, 15) is 4.39 Å². The molecule has 0 aliphatic heterocycles. The molecule has 0 aliphatic rings. The average Bonchev–Trinajstić information content (AvgIpc) is 3.04. The lowest BCUT2D eigenvalue weighted by Crippen LogP contribution is -2.02. The van der Waals surface area contributed by atoms with Gasteiger partial charge in [0.25, 0.3) is 0 Å². The molecule has 0 radical (unpaired) electrons. The molecule has 0 saturated heterocycles. The quantitative estimate of drug-likeness (QED) is 0.736. The minimum atomic E-state index is -0.491. The summed E-state index contributed by atoms with van der Waals surface area (Å²) in [4.78, 5) is 12.2. The summed E-state index contributed by atoms with van der Waals surface area (Å²) in [5.74, 6) is 0.877. The van der Waals surface area contributed by atoms with Gasteiger partial charge in [-0.3, -0.25) is 0 Å². The summed E-state index contributed by atoms with van der Waals surface area (Å²) in [6.45, 7) is 4.17. The van der Waals surface area contributed by atoms with Crippen molar-refractivity contribution in [3.05, 3.63) is 48.9 Å². The number of hydrogen-bond acceptors (Lipinski definition) is 4. The van der Waals surface area contributed by atoms with E-state index in [4.69, 9.17) is 4.74 Å². The van der Waals surface area contributed by atoms with Gasteiger partial charge in [-0.2, -0.15) is 0 Å². The van der Waals surface area contributed by atoms with Crippen molar-refractivity contribution in [1.82, 2.24) is 19.5 Å². The fourth-order valence-corrected chi connectivity index (χ4v) is 2.50. The van der Waals surface area contributed by atoms with Crippen LogP contribution < -0.4 is 4.74 Å². The van der Waals surface area contributed by atoms with E-state index in [1.54, 1.807) is 19.4 Å². The minimum absolute atomic E-state index is 0.210. The maximum atomic E-state index is 14.1. The summed E-state index contributed by atoms with van der Waals surface area (Å²) >= 11 is 0. The van der Waals surface area contributed by atoms with Gasteiger partial charge in [0.15, 0.2) is 5.82 Å². The molecule has 0 bridgehead atoms. The third-order valence-corrected chi connectivity index (χ3v) is 3.61. The highest BCUT2D eigenvalue weighted by molar-refractivity contribution is 5.74. The Morgan fingerprint density at radius 2 is 2.04 bits per heavy atom. The zero-order valence-electron chi connectivity index (χ0n) is 13.2. The first kappa shape index (κ1) is 15.1. The first-order valence-electron chi connectivity index (χ1n) is 7.29. The molecule has 1 aromatic carbocycles. The van der Waals surface area contributed by atoms with Gasteiger partial charge in [-0.05, 0) is 32.0 Å². The normalized spacial score (nSPS) is 11.0. The Kier molecular flexibility index (Phi) is 4.06. The number of aromatic nitrogens is 4. The topological polar surface area (TPSA) is 52.8 Å². The van der Waals surface area contributed by atoms with Crippen molar-refractivity contribution in [3.63, 3.8) is 0 Å². The highest BCUT2D eigenvalue weighted by Gasteiger charge is 2.16. The molecule has 0 unspecified atom stereocenters. The molecule has 3 rings (SSSR count). The van der Waals surface area contributed by atoms with Crippen LogP contribution in [0.4, 0.5) is 4.39 Å². The van der Waals surface area contributed by atoms with Crippen molar-refractivity contribution in [2.24, 2.45) is 0 Å². The van der Waals surface area contributed by atoms with E-state index in [1.807, 2.05) is 18.3 Å². The van der Waals surface area contributed by atoms with E-state index in [2.05, 4.69) is 33.4 Å². The Morgan fingerprint density at radius 1 is 1.22 bits per heavy atom. The molecule has 0 fully saturated rings. The van der Waals surface area contributed by atoms with Crippen LogP contribution >= 0.6 is 0 Å². The molecular formula is C17H17FN4O. The Morgan fingerprint density at radius 3 is 2.74 bits per heavy atom. The van der Waals surface area contributed by atoms with Crippen molar-refractivity contribution in [3.8, 4) is 28.4 Å². The number of benzene rings is 1. The largest absolute Gasteiger partial charge is 0.496 e. The predicted molar refractivity (Wildman–Crippen MR) is 85.6 cm³/mol. The predicted octanol–water partition coefficient (Wildman–Crippen LogP) is 3.74. The molecule has 0 amide bonds. The fourth-order valence-electron chi connectivity index (χ4n) is 2.50. The van der Waals surface area contributed by atoms with Gasteiger partial charge in [0, 0.05) is 29.6 Å². The van der Waals surface area contributed by atoms with Crippen LogP contribution in [0.1, 0.15) is 19.9 Å². The molecule has 5 nitrogen and oxygen atoms in total. The van der Waals surface area contributed by atoms with E-state index >= 15 is 0 Å². The second-order valence-electron chi connectivity index (χ2n) is 5.39. The van der Waals surface area contributed by atoms with Crippen LogP contribution in [-0.4, -0.2) is 26.6 Å². The summed E-state index contributed by atoms with van der Waals surface area (Å²) in [6, 6.07) is 5.81. The molecule has 2 aromatic heterocycles. The van der Waals surface area contributed by atoms with Gasteiger partial charge >= 0.3 is 0 Å². The van der Waals surface area contributed by atoms with Gasteiger partial charge in [-0.1, -0.05) is 0 Å². The van der Waals surface area contributed by atoms with E-state index < -0.39 is 5.82 Å². The number of methoxy groups -OCH3 is 1. The van der Waals surface area contributed by atoms with Crippen LogP contribution in [-0.2, 0) is 0 Å². The third kappa shape index (κ3) is 2.79. The zero-order valence-corrected chi connectivity index (χ0v) is 13.2. The lowest BCUT2D eigenvalue weighted by molar-refractivity contribution is 0.416. The number of nitrogens with zero attached hydrogens (tertiary/aromatic N) is 4. The molecule has 2 heterocycles. The molecule has 0 saturated carbocycles. The molecule has 0 spiro atoms. The number of halogens is 1. The Labute approximate surface area is 133 Å². The van der Waals surface area contributed by atoms with E-state index in [-0.39, 0.29) is 11.7 Å². The highest BCUT2D eigenvalue weighted by Crippen LogP contribution is 2.34. The Balaban J connectivity index is 2.17. The summed E-state index contributed by atoms with van der Waals surface area (Å²) in [5, 5.41) is 0. The fraction of sp³-hybridized carbons (Fsp3) is 0.235. The van der Waals surface area contributed by atoms with Crippen LogP contribution in [0.3, 0.4) is 0 Å². The molecular weight excluding hydrogens is 295 g/mol. The molecule has 0 atom stereocenters. The van der Waals surface area contributed by atoms with Gasteiger partial charge in [0.1, 0.15) is 23.6 Å². The third-order valence-electron chi connectivity index (χ3n) is 3.61. The summed E-state index contributed by atoms with van der Waals surface area (Å²) in [6.07, 6.45) is 6.14. The lowest BCUT2D eigenvalue weighted by Gasteiger charge is -2.14. The zero-order chi connectivity index (χ0) is 16.4. The van der Waals surface area contributed by atoms with Gasteiger partial charge in [0.2, 0.25) is 0 Å². The van der Waals surface area contributed by atoms with Crippen LogP contribution in [0, 0.1) is 5.82 Å². The van der Waals surface area contributed by atoms with Crippen molar-refractivity contribution in [2.45, 2.75) is 19.9 Å². The first-order chi connectivity index (χ1) is 11.1. The van der Waals surface area contributed by atoms with Crippen molar-refractivity contribution in [2.75, 3.05) is 7.11 Å². The molecule has 118 valence electrons. The van der Waals surface area contributed by atoms with Gasteiger partial charge in [0.05, 0.1) is 13.3 Å². The number of hydrogen-bond donors (Lipinski definition) is 0. The van der Waals surface area contributed by atoms with E-state index in [0.29, 0.717) is 11.3 Å². The second-order valence-corrected chi connectivity index (χ2v) is 5.39. The van der Waals surface area contributed by atoms with Crippen LogP contribution in [0.2, 0.25) is 0 Å². The summed E-state index contributed by atoms with van der Waals surface area (Å²) < 4.78 is 21.5. The average molecular weight is 312 g/mol. The Hall–Kier alpha value is -2.76. The first-order valence-corrected chi connectivity index (χ1v) is 7.29. The van der Waals surface area contributed by atoms with Crippen LogP contribution in [0.25, 0.3) is 22.6 Å². The summed E-state index contributed by atoms with van der Waals surface area (Å²) in [5.41, 5.74) is 1.65. The van der Waals surface area contributed by atoms with Gasteiger partial charge in [-0.25, -0.2) is 19.3 Å². The lowest BCUT2D eigenvalue weighted by atomic mass is 10.1. The maximum absolute atomic E-state index is 14.1. The monoisotopic (exact) mass is 312 g/mol. The van der Waals surface area contributed by atoms with E-state index in [1.165, 1.54) is 6.33 Å². The highest BCUT2D eigenvalue weighted by atomic mass is 19.1. The summed E-state index contributed by atoms with van der Waals surface area (Å²) in [7, 11) is 1.55. The molecule has 3 aromatic rings. The van der Waals surface area contributed by atoms with Gasteiger partial charge < -0.3 is 9.30 Å². The SMILES string of the molecule is COc1ccc(-c2nccn2C(C)C)cc1-c1ncncc1F.